The number of ether oxygens (including phenoxy) is 1. The van der Waals surface area contributed by atoms with Crippen LogP contribution >= 0.6 is 0 Å². The number of anilines is 1. The van der Waals surface area contributed by atoms with Crippen molar-refractivity contribution in [3.05, 3.63) is 108 Å². The molecule has 3 aromatic carbocycles. The first kappa shape index (κ1) is 26.7. The van der Waals surface area contributed by atoms with Crippen LogP contribution in [-0.2, 0) is 20.1 Å². The van der Waals surface area contributed by atoms with E-state index in [1.54, 1.807) is 27.4 Å². The average molecular weight is 559 g/mol. The highest BCUT2D eigenvalue weighted by Crippen LogP contribution is 2.40. The van der Waals surface area contributed by atoms with Gasteiger partial charge < -0.3 is 19.9 Å². The summed E-state index contributed by atoms with van der Waals surface area (Å²) < 4.78 is 5.88. The third-order valence-electron chi connectivity index (χ3n) is 7.11. The number of fused-ring (bicyclic) bond motifs is 1. The molecule has 0 unspecified atom stereocenters. The number of aryl methyl sites for hydroxylation is 1. The number of tetrazole rings is 1. The van der Waals surface area contributed by atoms with Crippen molar-refractivity contribution in [2.45, 2.75) is 13.1 Å². The Kier molecular flexibility index (Phi) is 7.33. The Morgan fingerprint density at radius 2 is 1.62 bits per heavy atom. The maximum atomic E-state index is 13.0. The third kappa shape index (κ3) is 5.17. The zero-order valence-electron chi connectivity index (χ0n) is 23.6. The molecule has 210 valence electrons. The number of hydrogen-bond donors (Lipinski definition) is 2. The van der Waals surface area contributed by atoms with Crippen molar-refractivity contribution in [1.29, 1.82) is 0 Å². The summed E-state index contributed by atoms with van der Waals surface area (Å²) >= 11 is 0. The van der Waals surface area contributed by atoms with Gasteiger partial charge in [0.15, 0.2) is 5.82 Å². The van der Waals surface area contributed by atoms with E-state index in [0.717, 1.165) is 39.1 Å². The molecule has 0 atom stereocenters. The molecule has 6 aromatic rings. The molecular formula is C32H30N8O2. The molecular weight excluding hydrogens is 528 g/mol. The van der Waals surface area contributed by atoms with E-state index in [4.69, 9.17) is 9.72 Å². The molecule has 0 bridgehead atoms. The molecule has 0 fully saturated rings. The van der Waals surface area contributed by atoms with Gasteiger partial charge in [-0.3, -0.25) is 4.79 Å². The van der Waals surface area contributed by atoms with Gasteiger partial charge >= 0.3 is 0 Å². The van der Waals surface area contributed by atoms with Crippen LogP contribution in [0.4, 0.5) is 5.82 Å². The van der Waals surface area contributed by atoms with Crippen molar-refractivity contribution in [2.75, 3.05) is 19.1 Å². The van der Waals surface area contributed by atoms with Gasteiger partial charge in [-0.15, -0.1) is 10.2 Å². The zero-order chi connectivity index (χ0) is 29.1. The number of carbonyl (C=O) groups is 1. The Labute approximate surface area is 243 Å². The van der Waals surface area contributed by atoms with Crippen molar-refractivity contribution in [2.24, 2.45) is 7.05 Å². The van der Waals surface area contributed by atoms with Gasteiger partial charge in [0, 0.05) is 37.3 Å². The summed E-state index contributed by atoms with van der Waals surface area (Å²) in [7, 11) is 4.95. The van der Waals surface area contributed by atoms with Crippen LogP contribution in [0.15, 0.2) is 91.1 Å². The van der Waals surface area contributed by atoms with Crippen LogP contribution in [0.25, 0.3) is 33.5 Å². The van der Waals surface area contributed by atoms with E-state index >= 15 is 0 Å². The zero-order valence-corrected chi connectivity index (χ0v) is 23.6. The summed E-state index contributed by atoms with van der Waals surface area (Å²) in [6.07, 6.45) is 1.65. The number of amides is 1. The molecule has 0 radical (unpaired) electrons. The number of H-pyrrole nitrogens is 1. The number of nitrogens with zero attached hydrogens (tertiary/aromatic N) is 6. The predicted octanol–water partition coefficient (Wildman–Crippen LogP) is 5.00. The van der Waals surface area contributed by atoms with E-state index in [9.17, 15) is 4.79 Å². The van der Waals surface area contributed by atoms with Crippen LogP contribution in [0.5, 0.6) is 5.75 Å². The Bertz CT molecular complexity index is 1810. The van der Waals surface area contributed by atoms with Gasteiger partial charge in [-0.1, -0.05) is 66.7 Å². The predicted molar refractivity (Wildman–Crippen MR) is 162 cm³/mol. The van der Waals surface area contributed by atoms with Crippen LogP contribution in [0.2, 0.25) is 0 Å². The number of para-hydroxylation sites is 1. The smallest absolute Gasteiger partial charge is 0.253 e. The monoisotopic (exact) mass is 558 g/mol. The SMILES string of the molecule is CNC(=O)c1cnc(N(Cc2ccccc2)Cc2ccccc2)c2[nH]c(-c3cccc(-c4nnn(C)n4)c3OC)cc12. The van der Waals surface area contributed by atoms with Gasteiger partial charge in [0.25, 0.3) is 5.91 Å². The van der Waals surface area contributed by atoms with Gasteiger partial charge in [-0.05, 0) is 34.5 Å². The fourth-order valence-electron chi connectivity index (χ4n) is 5.15. The first-order chi connectivity index (χ1) is 20.6. The fourth-order valence-corrected chi connectivity index (χ4v) is 5.15. The minimum atomic E-state index is -0.216. The average Bonchev–Trinajstić information content (AvgIpc) is 3.67. The number of pyridine rings is 1. The van der Waals surface area contributed by atoms with Crippen LogP contribution < -0.4 is 15.0 Å². The highest BCUT2D eigenvalue weighted by atomic mass is 16.5. The van der Waals surface area contributed by atoms with Gasteiger partial charge in [0.1, 0.15) is 5.75 Å². The summed E-state index contributed by atoms with van der Waals surface area (Å²) in [6.45, 7) is 1.26. The lowest BCUT2D eigenvalue weighted by molar-refractivity contribution is 0.0964. The number of aromatic nitrogens is 6. The molecule has 10 heteroatoms. The Balaban J connectivity index is 1.53. The Morgan fingerprint density at radius 1 is 0.952 bits per heavy atom. The summed E-state index contributed by atoms with van der Waals surface area (Å²) in [5.74, 6) is 1.57. The minimum absolute atomic E-state index is 0.216. The number of rotatable bonds is 9. The van der Waals surface area contributed by atoms with Gasteiger partial charge in [-0.25, -0.2) is 4.98 Å². The van der Waals surface area contributed by atoms with Crippen molar-refractivity contribution >= 4 is 22.6 Å². The topological polar surface area (TPSA) is 114 Å². The molecule has 0 saturated heterocycles. The van der Waals surface area contributed by atoms with E-state index in [0.29, 0.717) is 35.8 Å². The van der Waals surface area contributed by atoms with E-state index < -0.39 is 0 Å². The van der Waals surface area contributed by atoms with E-state index in [-0.39, 0.29) is 5.91 Å². The first-order valence-electron chi connectivity index (χ1n) is 13.5. The normalized spacial score (nSPS) is 11.0. The van der Waals surface area contributed by atoms with E-state index in [1.165, 1.54) is 4.80 Å². The van der Waals surface area contributed by atoms with Gasteiger partial charge in [0.05, 0.1) is 36.5 Å². The fraction of sp³-hybridized carbons (Fsp3) is 0.156. The highest BCUT2D eigenvalue weighted by molar-refractivity contribution is 6.10. The quantitative estimate of drug-likeness (QED) is 0.257. The minimum Gasteiger partial charge on any atom is -0.495 e. The molecule has 3 aromatic heterocycles. The lowest BCUT2D eigenvalue weighted by atomic mass is 10.0. The van der Waals surface area contributed by atoms with Gasteiger partial charge in [-0.2, -0.15) is 4.80 Å². The number of benzene rings is 3. The number of methoxy groups -OCH3 is 1. The van der Waals surface area contributed by atoms with Gasteiger partial charge in [0.2, 0.25) is 5.82 Å². The van der Waals surface area contributed by atoms with Crippen molar-refractivity contribution < 1.29 is 9.53 Å². The van der Waals surface area contributed by atoms with Crippen LogP contribution in [0.3, 0.4) is 0 Å². The molecule has 0 aliphatic heterocycles. The summed E-state index contributed by atoms with van der Waals surface area (Å²) in [4.78, 5) is 25.0. The third-order valence-corrected chi connectivity index (χ3v) is 7.11. The summed E-state index contributed by atoms with van der Waals surface area (Å²) in [5, 5.41) is 16.0. The molecule has 2 N–H and O–H groups in total. The second-order valence-electron chi connectivity index (χ2n) is 9.86. The molecule has 3 heterocycles. The van der Waals surface area contributed by atoms with Crippen LogP contribution in [-0.4, -0.2) is 50.2 Å². The molecule has 0 spiro atoms. The van der Waals surface area contributed by atoms with Crippen molar-refractivity contribution in [3.8, 4) is 28.4 Å². The second-order valence-corrected chi connectivity index (χ2v) is 9.86. The lowest BCUT2D eigenvalue weighted by Crippen LogP contribution is -2.24. The molecule has 0 aliphatic rings. The molecule has 42 heavy (non-hydrogen) atoms. The molecule has 6 rings (SSSR count). The number of aromatic amines is 1. The Hall–Kier alpha value is -5.51. The van der Waals surface area contributed by atoms with Crippen molar-refractivity contribution in [3.63, 3.8) is 0 Å². The largest absolute Gasteiger partial charge is 0.495 e. The maximum Gasteiger partial charge on any atom is 0.253 e. The van der Waals surface area contributed by atoms with E-state index in [1.807, 2.05) is 60.7 Å². The first-order valence-corrected chi connectivity index (χ1v) is 13.5. The number of nitrogens with one attached hydrogen (secondary N) is 2. The van der Waals surface area contributed by atoms with Crippen molar-refractivity contribution in [1.82, 2.24) is 35.5 Å². The van der Waals surface area contributed by atoms with Crippen LogP contribution in [0.1, 0.15) is 21.5 Å². The summed E-state index contributed by atoms with van der Waals surface area (Å²) in [5.41, 5.74) is 5.80. The second kappa shape index (κ2) is 11.5. The molecule has 0 aliphatic carbocycles. The maximum absolute atomic E-state index is 13.0. The number of hydrogen-bond acceptors (Lipinski definition) is 7. The molecule has 1 amide bonds. The lowest BCUT2D eigenvalue weighted by Gasteiger charge is -2.25. The highest BCUT2D eigenvalue weighted by Gasteiger charge is 2.23. The van der Waals surface area contributed by atoms with Crippen LogP contribution in [0, 0.1) is 0 Å². The molecule has 10 nitrogen and oxygen atoms in total. The molecule has 0 saturated carbocycles. The summed E-state index contributed by atoms with van der Waals surface area (Å²) in [6, 6.07) is 28.3. The Morgan fingerprint density at radius 3 is 2.21 bits per heavy atom. The number of carbonyl (C=O) groups excluding carboxylic acids is 1. The van der Waals surface area contributed by atoms with E-state index in [2.05, 4.69) is 54.9 Å². The standard InChI is InChI=1S/C32H30N8O2/c1-33-32(41)26-18-34-31(40(19-21-11-6-4-7-12-21)20-22-13-8-5-9-14-22)28-25(26)17-27(35-28)23-15-10-16-24(29(23)42-3)30-36-38-39(2)37-30/h4-18,35H,19-20H2,1-3H3,(H,33,41).